The third-order valence-electron chi connectivity index (χ3n) is 29.2. The van der Waals surface area contributed by atoms with Crippen LogP contribution in [0.1, 0.15) is 27.7 Å². The molecule has 0 saturated carbocycles. The molecule has 11 nitrogen and oxygen atoms in total. The highest BCUT2D eigenvalue weighted by Gasteiger charge is 2.52. The summed E-state index contributed by atoms with van der Waals surface area (Å²) in [6, 6.07) is 170. The largest absolute Gasteiger partial charge is 0.494 e. The van der Waals surface area contributed by atoms with E-state index in [1.54, 1.807) is 0 Å². The molecule has 0 aliphatic carbocycles. The lowest BCUT2D eigenvalue weighted by atomic mass is 9.78. The minimum atomic E-state index is -0.317. The number of anilines is 3. The molecule has 1 fully saturated rings. The monoisotopic (exact) mass is 2010 g/mol. The molecule has 3 aliphatic heterocycles. The van der Waals surface area contributed by atoms with Crippen LogP contribution in [0.5, 0.6) is 23.0 Å². The Morgan fingerprint density at radius 3 is 0.836 bits per heavy atom. The minimum Gasteiger partial charge on any atom is -0.453 e. The molecular formula is C132H94BBr2N7O4. The first-order valence-electron chi connectivity index (χ1n) is 49.4. The number of nitrogens with one attached hydrogen (secondary N) is 3. The molecule has 3 N–H and O–H groups in total. The molecule has 9 heterocycles. The maximum Gasteiger partial charge on any atom is 0.494 e. The lowest BCUT2D eigenvalue weighted by molar-refractivity contribution is 0.00578. The smallest absolute Gasteiger partial charge is 0.453 e. The normalized spacial score (nSPS) is 13.1. The van der Waals surface area contributed by atoms with E-state index in [2.05, 4.69) is 518 Å². The summed E-state index contributed by atoms with van der Waals surface area (Å²) in [5, 5.41) is 15.1. The molecule has 0 unspecified atom stereocenters. The average molecular weight is 2010 g/mol. The van der Waals surface area contributed by atoms with Crippen molar-refractivity contribution in [3.8, 4) is 95.7 Å². The summed E-state index contributed by atoms with van der Waals surface area (Å²) < 4.78 is 33.6. The Labute approximate surface area is 860 Å². The molecule has 1 saturated heterocycles. The van der Waals surface area contributed by atoms with Crippen LogP contribution in [0.15, 0.2) is 488 Å². The van der Waals surface area contributed by atoms with E-state index in [9.17, 15) is 0 Å². The predicted molar refractivity (Wildman–Crippen MR) is 616 cm³/mol. The summed E-state index contributed by atoms with van der Waals surface area (Å²) in [5.41, 5.74) is 33.6. The Morgan fingerprint density at radius 2 is 0.479 bits per heavy atom. The van der Waals surface area contributed by atoms with E-state index in [1.807, 2.05) is 54.6 Å². The van der Waals surface area contributed by atoms with Crippen molar-refractivity contribution >= 4 is 192 Å². The van der Waals surface area contributed by atoms with Crippen LogP contribution in [0.3, 0.4) is 0 Å². The lowest BCUT2D eigenvalue weighted by Crippen LogP contribution is -2.41. The Balaban J connectivity index is 0.0000000947. The average Bonchev–Trinajstić information content (AvgIpc) is 1.12. The van der Waals surface area contributed by atoms with Gasteiger partial charge in [-0.15, -0.1) is 0 Å². The van der Waals surface area contributed by atoms with Gasteiger partial charge in [0.05, 0.1) is 55.7 Å². The summed E-state index contributed by atoms with van der Waals surface area (Å²) in [5.74, 6) is 3.27. The highest BCUT2D eigenvalue weighted by molar-refractivity contribution is 9.10. The molecule has 30 rings (SSSR count). The Morgan fingerprint density at radius 1 is 0.212 bits per heavy atom. The number of aromatic amines is 3. The fourth-order valence-electron chi connectivity index (χ4n) is 21.4. The second-order valence-corrected chi connectivity index (χ2v) is 40.4. The second kappa shape index (κ2) is 36.6. The fourth-order valence-corrected chi connectivity index (χ4v) is 22.2. The summed E-state index contributed by atoms with van der Waals surface area (Å²) >= 11 is 7.17. The van der Waals surface area contributed by atoms with Crippen LogP contribution in [-0.4, -0.2) is 47.0 Å². The van der Waals surface area contributed by atoms with Crippen molar-refractivity contribution in [3.63, 3.8) is 0 Å². The van der Waals surface area contributed by atoms with Gasteiger partial charge in [0, 0.05) is 124 Å². The van der Waals surface area contributed by atoms with Gasteiger partial charge in [0.2, 0.25) is 0 Å². The van der Waals surface area contributed by atoms with Crippen LogP contribution in [0.4, 0.5) is 17.1 Å². The molecule has 0 bridgehead atoms. The van der Waals surface area contributed by atoms with Gasteiger partial charge in [-0.05, 0) is 289 Å². The SMILES string of the molecule is Brc1cc2c3c(c1)Oc1ccccc1N3c1ccccc1O2.Brc1ccc2c(c1)c1cc(-c3ccccc3)ccc1n2-c1ccccc1.CC1(C)OB(c2ccc3[nH]c4ccccc4c3c2)OC1(C)C.c1ccc(-c2ccc3c(c2)c2cc(-c4ccc5[nH]c6ccccc6c5c4)ccc2n3-c2ccccc2)cc1.c1ccc(-c2ccc3c(c2)c2cc(-c4ccc5[nH]c6ccccc6c5c4)ccc2n3-c2ccccc2)cc1. The highest BCUT2D eigenvalue weighted by Crippen LogP contribution is 2.60. The highest BCUT2D eigenvalue weighted by atomic mass is 79.9. The number of ether oxygens (including phenoxy) is 2. The van der Waals surface area contributed by atoms with Crippen LogP contribution in [-0.2, 0) is 9.31 Å². The first kappa shape index (κ1) is 88.9. The van der Waals surface area contributed by atoms with Gasteiger partial charge in [0.15, 0.2) is 23.0 Å². The van der Waals surface area contributed by atoms with Crippen molar-refractivity contribution in [3.05, 3.63) is 488 Å². The number of benzene rings is 21. The summed E-state index contributed by atoms with van der Waals surface area (Å²) in [6.07, 6.45) is 0. The Bertz CT molecular complexity index is 9360. The van der Waals surface area contributed by atoms with Gasteiger partial charge in [-0.1, -0.05) is 311 Å². The zero-order chi connectivity index (χ0) is 97.8. The first-order chi connectivity index (χ1) is 71.7. The number of hydrogen-bond acceptors (Lipinski definition) is 5. The first-order valence-corrected chi connectivity index (χ1v) is 51.0. The van der Waals surface area contributed by atoms with Gasteiger partial charge in [0.1, 0.15) is 5.69 Å². The number of para-hydroxylation sites is 10. The van der Waals surface area contributed by atoms with Gasteiger partial charge in [-0.2, -0.15) is 0 Å². The topological polar surface area (TPSA) is 102 Å². The van der Waals surface area contributed by atoms with Gasteiger partial charge in [0.25, 0.3) is 0 Å². The van der Waals surface area contributed by atoms with E-state index < -0.39 is 0 Å². The van der Waals surface area contributed by atoms with Gasteiger partial charge >= 0.3 is 7.12 Å². The third-order valence-corrected chi connectivity index (χ3v) is 30.2. The molecule has 0 radical (unpaired) electrons. The molecule has 14 heteroatoms. The van der Waals surface area contributed by atoms with E-state index in [0.717, 1.165) is 65.5 Å². The maximum atomic E-state index is 6.16. The van der Waals surface area contributed by atoms with Gasteiger partial charge in [-0.25, -0.2) is 0 Å². The zero-order valence-electron chi connectivity index (χ0n) is 80.4. The van der Waals surface area contributed by atoms with Crippen LogP contribution in [0, 0.1) is 0 Å². The molecule has 3 aliphatic rings. The predicted octanol–water partition coefficient (Wildman–Crippen LogP) is 36.5. The quantitative estimate of drug-likeness (QED) is 0.125. The van der Waals surface area contributed by atoms with Crippen molar-refractivity contribution in [2.45, 2.75) is 38.9 Å². The second-order valence-electron chi connectivity index (χ2n) is 38.6. The molecule has 21 aromatic carbocycles. The van der Waals surface area contributed by atoms with Gasteiger partial charge < -0.3 is 47.4 Å². The number of hydrogen-bond donors (Lipinski definition) is 3. The van der Waals surface area contributed by atoms with Crippen LogP contribution < -0.4 is 19.8 Å². The van der Waals surface area contributed by atoms with E-state index in [4.69, 9.17) is 18.8 Å². The number of rotatable bonds is 9. The maximum absolute atomic E-state index is 6.16. The zero-order valence-corrected chi connectivity index (χ0v) is 83.5. The molecular weight excluding hydrogens is 1920 g/mol. The van der Waals surface area contributed by atoms with Crippen molar-refractivity contribution < 1.29 is 18.8 Å². The number of halogens is 2. The van der Waals surface area contributed by atoms with E-state index in [0.29, 0.717) is 0 Å². The number of aromatic nitrogens is 6. The van der Waals surface area contributed by atoms with Crippen molar-refractivity contribution in [2.24, 2.45) is 0 Å². The van der Waals surface area contributed by atoms with E-state index >= 15 is 0 Å². The summed E-state index contributed by atoms with van der Waals surface area (Å²) in [4.78, 5) is 12.8. The number of fused-ring (bicyclic) bond motifs is 22. The van der Waals surface area contributed by atoms with Crippen LogP contribution >= 0.6 is 31.9 Å². The van der Waals surface area contributed by atoms with Crippen molar-refractivity contribution in [2.75, 3.05) is 4.90 Å². The fraction of sp³-hybridized carbons (Fsp3) is 0.0455. The number of H-pyrrole nitrogens is 3. The van der Waals surface area contributed by atoms with Crippen molar-refractivity contribution in [1.82, 2.24) is 28.7 Å². The molecule has 0 atom stereocenters. The number of nitrogens with zero attached hydrogens (tertiary/aromatic N) is 4. The van der Waals surface area contributed by atoms with Crippen LogP contribution in [0.2, 0.25) is 0 Å². The minimum absolute atomic E-state index is 0.313. The van der Waals surface area contributed by atoms with Gasteiger partial charge in [-0.3, -0.25) is 4.90 Å². The van der Waals surface area contributed by atoms with Crippen molar-refractivity contribution in [1.29, 1.82) is 0 Å². The van der Waals surface area contributed by atoms with Crippen LogP contribution in [0.25, 0.3) is 204 Å². The summed E-state index contributed by atoms with van der Waals surface area (Å²) in [7, 11) is -0.317. The molecule has 0 spiro atoms. The Hall–Kier alpha value is -17.2. The molecule has 27 aromatic rings. The molecule has 698 valence electrons. The van der Waals surface area contributed by atoms with E-state index in [1.165, 1.54) is 192 Å². The molecule has 146 heavy (non-hydrogen) atoms. The molecule has 0 amide bonds. The molecule has 6 aromatic heterocycles. The Kier molecular flexibility index (Phi) is 22.3. The third kappa shape index (κ3) is 16.0. The lowest BCUT2D eigenvalue weighted by Gasteiger charge is -2.37. The standard InChI is InChI=1S/2C36H24N2.C24H16BrN.C18H20BNO2.C18H10BrNO2/c2*1-3-9-24(10-4-1)25-16-19-35-31(22-25)32-23-27(17-20-36(32)38(35)28-11-5-2-6-12-28)26-15-18-34-30(21-26)29-13-7-8-14-33(29)37-34;25-19-12-14-24-22(16-19)21-15-18(17-7-3-1-4-8-17)11-13-23(21)26(24)20-9-5-2-6-10-20;1-17(2)18(3,4)22-19(21-17)12-9-10-16-14(11-12)13-7-5-6-8-15(13)20-16;19-11-9-16-18-17(10-11)22-15-8-4-2-6-13(15)20(18)12-5-1-3-7-14(12)21-16/h2*1-23,37H;1-16H;5-11,20H,1-4H3;1-10H. The van der Waals surface area contributed by atoms with E-state index in [-0.39, 0.29) is 18.3 Å². The summed E-state index contributed by atoms with van der Waals surface area (Å²) in [6.45, 7) is 8.32.